The van der Waals surface area contributed by atoms with Crippen molar-refractivity contribution in [2.24, 2.45) is 0 Å². The maximum Gasteiger partial charge on any atom is 0.234 e. The number of tetrazole rings is 1. The minimum Gasteiger partial charge on any atom is -0.337 e. The van der Waals surface area contributed by atoms with Crippen LogP contribution in [0.1, 0.15) is 70.8 Å². The SMILES string of the molecule is CC(Sc1nnnn1C1CCCC1)C(=O)NC1(C#N)CCCCC1. The van der Waals surface area contributed by atoms with E-state index in [1.165, 1.54) is 24.6 Å². The summed E-state index contributed by atoms with van der Waals surface area (Å²) in [4.78, 5) is 12.6. The number of nitrogens with zero attached hydrogens (tertiary/aromatic N) is 5. The number of carbonyl (C=O) groups is 1. The number of rotatable bonds is 5. The highest BCUT2D eigenvalue weighted by Crippen LogP contribution is 2.33. The van der Waals surface area contributed by atoms with Crippen LogP contribution in [0.3, 0.4) is 0 Å². The van der Waals surface area contributed by atoms with Crippen LogP contribution in [0.5, 0.6) is 0 Å². The first kappa shape index (κ1) is 17.2. The minimum absolute atomic E-state index is 0.107. The Balaban J connectivity index is 1.62. The lowest BCUT2D eigenvalue weighted by atomic mass is 9.83. The topological polar surface area (TPSA) is 96.5 Å². The van der Waals surface area contributed by atoms with E-state index in [2.05, 4.69) is 26.9 Å². The van der Waals surface area contributed by atoms with Crippen molar-refractivity contribution in [3.63, 3.8) is 0 Å². The summed E-state index contributed by atoms with van der Waals surface area (Å²) < 4.78 is 1.86. The molecular weight excluding hydrogens is 324 g/mol. The maximum atomic E-state index is 12.6. The number of nitriles is 1. The molecule has 0 aliphatic heterocycles. The number of hydrogen-bond acceptors (Lipinski definition) is 6. The fourth-order valence-corrected chi connectivity index (χ4v) is 4.47. The Morgan fingerprint density at radius 1 is 1.33 bits per heavy atom. The molecule has 1 aromatic rings. The average molecular weight is 348 g/mol. The van der Waals surface area contributed by atoms with E-state index in [-0.39, 0.29) is 11.2 Å². The number of nitrogens with one attached hydrogen (secondary N) is 1. The third kappa shape index (κ3) is 3.72. The van der Waals surface area contributed by atoms with Crippen molar-refractivity contribution in [2.45, 2.75) is 86.7 Å². The molecule has 8 heteroatoms. The van der Waals surface area contributed by atoms with Gasteiger partial charge in [-0.15, -0.1) is 5.10 Å². The van der Waals surface area contributed by atoms with Gasteiger partial charge in [0, 0.05) is 0 Å². The molecule has 1 aromatic heterocycles. The lowest BCUT2D eigenvalue weighted by Gasteiger charge is -2.32. The highest BCUT2D eigenvalue weighted by Gasteiger charge is 2.35. The van der Waals surface area contributed by atoms with Crippen LogP contribution in [0, 0.1) is 11.3 Å². The lowest BCUT2D eigenvalue weighted by molar-refractivity contribution is -0.121. The molecule has 2 saturated carbocycles. The zero-order valence-electron chi connectivity index (χ0n) is 14.1. The Kier molecular flexibility index (Phi) is 5.39. The van der Waals surface area contributed by atoms with E-state index in [4.69, 9.17) is 0 Å². The van der Waals surface area contributed by atoms with E-state index in [1.807, 2.05) is 11.6 Å². The Morgan fingerprint density at radius 2 is 2.04 bits per heavy atom. The molecule has 0 radical (unpaired) electrons. The molecular formula is C16H24N6OS. The molecule has 2 aliphatic carbocycles. The number of amides is 1. The second-order valence-electron chi connectivity index (χ2n) is 6.85. The van der Waals surface area contributed by atoms with Gasteiger partial charge in [0.1, 0.15) is 5.54 Å². The summed E-state index contributed by atoms with van der Waals surface area (Å²) >= 11 is 1.37. The summed E-state index contributed by atoms with van der Waals surface area (Å²) in [5, 5.41) is 24.8. The number of thioether (sulfide) groups is 1. The van der Waals surface area contributed by atoms with Crippen molar-refractivity contribution >= 4 is 17.7 Å². The minimum atomic E-state index is -0.693. The van der Waals surface area contributed by atoms with Crippen LogP contribution in [0.4, 0.5) is 0 Å². The number of carbonyl (C=O) groups excluding carboxylic acids is 1. The van der Waals surface area contributed by atoms with Gasteiger partial charge in [0.15, 0.2) is 0 Å². The van der Waals surface area contributed by atoms with E-state index >= 15 is 0 Å². The van der Waals surface area contributed by atoms with Crippen LogP contribution < -0.4 is 5.32 Å². The van der Waals surface area contributed by atoms with Crippen LogP contribution in [0.25, 0.3) is 0 Å². The molecule has 1 amide bonds. The molecule has 7 nitrogen and oxygen atoms in total. The molecule has 0 saturated heterocycles. The molecule has 0 aromatic carbocycles. The average Bonchev–Trinajstić information content (AvgIpc) is 3.26. The third-order valence-corrected chi connectivity index (χ3v) is 6.12. The van der Waals surface area contributed by atoms with Crippen LogP contribution in [-0.2, 0) is 4.79 Å². The Hall–Kier alpha value is -1.62. The van der Waals surface area contributed by atoms with Gasteiger partial charge < -0.3 is 5.32 Å². The summed E-state index contributed by atoms with van der Waals surface area (Å²) in [6, 6.07) is 2.68. The van der Waals surface area contributed by atoms with Gasteiger partial charge in [-0.2, -0.15) is 5.26 Å². The molecule has 0 bridgehead atoms. The summed E-state index contributed by atoms with van der Waals surface area (Å²) in [5.74, 6) is -0.107. The van der Waals surface area contributed by atoms with Crippen molar-refractivity contribution < 1.29 is 4.79 Å². The first-order chi connectivity index (χ1) is 11.6. The van der Waals surface area contributed by atoms with Crippen molar-refractivity contribution in [3.05, 3.63) is 0 Å². The van der Waals surface area contributed by atoms with E-state index in [1.54, 1.807) is 0 Å². The van der Waals surface area contributed by atoms with Gasteiger partial charge in [-0.3, -0.25) is 4.79 Å². The highest BCUT2D eigenvalue weighted by atomic mass is 32.2. The second kappa shape index (κ2) is 7.51. The van der Waals surface area contributed by atoms with Gasteiger partial charge in [-0.25, -0.2) is 4.68 Å². The molecule has 1 unspecified atom stereocenters. The Labute approximate surface area is 146 Å². The zero-order valence-corrected chi connectivity index (χ0v) is 14.9. The third-order valence-electron chi connectivity index (χ3n) is 5.07. The monoisotopic (exact) mass is 348 g/mol. The van der Waals surface area contributed by atoms with Gasteiger partial charge in [-0.1, -0.05) is 43.9 Å². The van der Waals surface area contributed by atoms with Gasteiger partial charge >= 0.3 is 0 Å². The van der Waals surface area contributed by atoms with Gasteiger partial charge in [0.05, 0.1) is 17.4 Å². The first-order valence-corrected chi connectivity index (χ1v) is 9.69. The van der Waals surface area contributed by atoms with Crippen molar-refractivity contribution in [1.29, 1.82) is 5.26 Å². The Bertz CT molecular complexity index is 612. The molecule has 130 valence electrons. The lowest BCUT2D eigenvalue weighted by Crippen LogP contribution is -2.51. The standard InChI is InChI=1S/C16H24N6OS/c1-12(14(23)18-16(11-17)9-5-2-6-10-16)24-15-19-20-21-22(15)13-7-3-4-8-13/h12-13H,2-10H2,1H3,(H,18,23). The smallest absolute Gasteiger partial charge is 0.234 e. The summed E-state index contributed by atoms with van der Waals surface area (Å²) in [6.45, 7) is 1.85. The molecule has 3 rings (SSSR count). The number of aromatic nitrogens is 4. The summed E-state index contributed by atoms with van der Waals surface area (Å²) in [7, 11) is 0. The van der Waals surface area contributed by atoms with Crippen molar-refractivity contribution in [3.8, 4) is 6.07 Å². The normalized spacial score (nSPS) is 22.0. The number of hydrogen-bond donors (Lipinski definition) is 1. The van der Waals surface area contributed by atoms with Crippen LogP contribution in [-0.4, -0.2) is 36.9 Å². The summed E-state index contributed by atoms with van der Waals surface area (Å²) in [5.41, 5.74) is -0.693. The Morgan fingerprint density at radius 3 is 2.71 bits per heavy atom. The predicted octanol–water partition coefficient (Wildman–Crippen LogP) is 2.61. The fraction of sp³-hybridized carbons (Fsp3) is 0.812. The fourth-order valence-electron chi connectivity index (χ4n) is 3.61. The van der Waals surface area contributed by atoms with Gasteiger partial charge in [0.2, 0.25) is 11.1 Å². The van der Waals surface area contributed by atoms with Crippen LogP contribution in [0.15, 0.2) is 5.16 Å². The molecule has 1 N–H and O–H groups in total. The van der Waals surface area contributed by atoms with E-state index in [0.29, 0.717) is 11.2 Å². The molecule has 24 heavy (non-hydrogen) atoms. The molecule has 1 heterocycles. The quantitative estimate of drug-likeness (QED) is 0.822. The highest BCUT2D eigenvalue weighted by molar-refractivity contribution is 8.00. The molecule has 2 aliphatic rings. The van der Waals surface area contributed by atoms with Gasteiger partial charge in [0.25, 0.3) is 0 Å². The van der Waals surface area contributed by atoms with E-state index in [0.717, 1.165) is 44.9 Å². The zero-order chi connectivity index (χ0) is 17.0. The molecule has 1 atom stereocenters. The first-order valence-electron chi connectivity index (χ1n) is 8.81. The maximum absolute atomic E-state index is 12.6. The second-order valence-corrected chi connectivity index (χ2v) is 8.16. The van der Waals surface area contributed by atoms with Gasteiger partial charge in [-0.05, 0) is 43.0 Å². The van der Waals surface area contributed by atoms with E-state index < -0.39 is 5.54 Å². The van der Waals surface area contributed by atoms with E-state index in [9.17, 15) is 10.1 Å². The largest absolute Gasteiger partial charge is 0.337 e. The van der Waals surface area contributed by atoms with Crippen LogP contribution >= 0.6 is 11.8 Å². The summed E-state index contributed by atoms with van der Waals surface area (Å²) in [6.07, 6.45) is 9.21. The van der Waals surface area contributed by atoms with Crippen molar-refractivity contribution in [2.75, 3.05) is 0 Å². The molecule has 0 spiro atoms. The van der Waals surface area contributed by atoms with Crippen molar-refractivity contribution in [1.82, 2.24) is 25.5 Å². The van der Waals surface area contributed by atoms with Crippen LogP contribution in [0.2, 0.25) is 0 Å². The predicted molar refractivity (Wildman–Crippen MR) is 90.2 cm³/mol. The molecule has 2 fully saturated rings.